The van der Waals surface area contributed by atoms with Gasteiger partial charge in [0.1, 0.15) is 28.9 Å². The highest BCUT2D eigenvalue weighted by Crippen LogP contribution is 2.19. The van der Waals surface area contributed by atoms with Crippen LogP contribution in [0.15, 0.2) is 53.9 Å². The van der Waals surface area contributed by atoms with Crippen molar-refractivity contribution in [1.29, 1.82) is 0 Å². The summed E-state index contributed by atoms with van der Waals surface area (Å²) in [5, 5.41) is 5.21. The molecule has 1 aromatic heterocycles. The van der Waals surface area contributed by atoms with Gasteiger partial charge in [-0.1, -0.05) is 30.3 Å². The number of halogens is 1. The van der Waals surface area contributed by atoms with Crippen LogP contribution < -0.4 is 10.1 Å². The largest absolute Gasteiger partial charge is 0.486 e. The van der Waals surface area contributed by atoms with Gasteiger partial charge >= 0.3 is 0 Å². The number of hydrogen-bond acceptors (Lipinski definition) is 4. The van der Waals surface area contributed by atoms with E-state index in [1.54, 1.807) is 17.5 Å². The Kier molecular flexibility index (Phi) is 5.40. The molecule has 0 saturated carbocycles. The molecule has 0 atom stereocenters. The number of benzene rings is 2. The molecule has 1 amide bonds. The summed E-state index contributed by atoms with van der Waals surface area (Å²) >= 11 is 1.38. The summed E-state index contributed by atoms with van der Waals surface area (Å²) in [5.74, 6) is 0.246. The van der Waals surface area contributed by atoms with E-state index in [9.17, 15) is 9.18 Å². The van der Waals surface area contributed by atoms with Gasteiger partial charge in [-0.2, -0.15) is 0 Å². The highest BCUT2D eigenvalue weighted by atomic mass is 32.1. The zero-order valence-corrected chi connectivity index (χ0v) is 14.5. The number of ether oxygens (including phenoxy) is 1. The molecular formula is C19H17FN2O2S. The molecule has 2 aromatic carbocycles. The Balaban J connectivity index is 1.54. The molecule has 0 unspecified atom stereocenters. The van der Waals surface area contributed by atoms with Gasteiger partial charge in [0.2, 0.25) is 0 Å². The number of aromatic nitrogens is 1. The van der Waals surface area contributed by atoms with Gasteiger partial charge in [-0.25, -0.2) is 9.37 Å². The van der Waals surface area contributed by atoms with Crippen molar-refractivity contribution in [3.63, 3.8) is 0 Å². The van der Waals surface area contributed by atoms with Gasteiger partial charge in [0.25, 0.3) is 5.91 Å². The first-order chi connectivity index (χ1) is 12.1. The zero-order chi connectivity index (χ0) is 17.6. The van der Waals surface area contributed by atoms with Crippen molar-refractivity contribution in [1.82, 2.24) is 10.3 Å². The summed E-state index contributed by atoms with van der Waals surface area (Å²) in [6.07, 6.45) is 0. The van der Waals surface area contributed by atoms with E-state index < -0.39 is 0 Å². The first-order valence-electron chi connectivity index (χ1n) is 7.77. The molecule has 25 heavy (non-hydrogen) atoms. The van der Waals surface area contributed by atoms with Crippen LogP contribution >= 0.6 is 11.3 Å². The van der Waals surface area contributed by atoms with E-state index in [1.807, 2.05) is 31.2 Å². The highest BCUT2D eigenvalue weighted by Gasteiger charge is 2.11. The van der Waals surface area contributed by atoms with Crippen LogP contribution in [0.25, 0.3) is 0 Å². The van der Waals surface area contributed by atoms with Crippen molar-refractivity contribution in [3.8, 4) is 5.75 Å². The van der Waals surface area contributed by atoms with Crippen molar-refractivity contribution >= 4 is 17.2 Å². The second kappa shape index (κ2) is 7.90. The molecule has 0 saturated heterocycles. The Labute approximate surface area is 149 Å². The van der Waals surface area contributed by atoms with Gasteiger partial charge in [0.15, 0.2) is 0 Å². The van der Waals surface area contributed by atoms with Crippen molar-refractivity contribution < 1.29 is 13.9 Å². The van der Waals surface area contributed by atoms with Gasteiger partial charge in [0, 0.05) is 11.9 Å². The summed E-state index contributed by atoms with van der Waals surface area (Å²) in [4.78, 5) is 16.4. The van der Waals surface area contributed by atoms with Crippen LogP contribution in [-0.2, 0) is 13.2 Å². The molecule has 0 radical (unpaired) electrons. The SMILES string of the molecule is Cc1ccccc1OCc1nc(C(=O)NCc2ccc(F)cc2)cs1. The molecule has 3 aromatic rings. The fourth-order valence-electron chi connectivity index (χ4n) is 2.21. The molecule has 6 heteroatoms. The summed E-state index contributed by atoms with van der Waals surface area (Å²) in [5.41, 5.74) is 2.24. The van der Waals surface area contributed by atoms with Crippen LogP contribution in [0.1, 0.15) is 26.6 Å². The Morgan fingerprint density at radius 1 is 1.20 bits per heavy atom. The Morgan fingerprint density at radius 2 is 1.96 bits per heavy atom. The van der Waals surface area contributed by atoms with E-state index in [-0.39, 0.29) is 11.7 Å². The third kappa shape index (κ3) is 4.64. The van der Waals surface area contributed by atoms with Crippen LogP contribution in [0.3, 0.4) is 0 Å². The van der Waals surface area contributed by atoms with E-state index in [0.717, 1.165) is 21.9 Å². The van der Waals surface area contributed by atoms with Crippen LogP contribution in [0, 0.1) is 12.7 Å². The predicted octanol–water partition coefficient (Wildman–Crippen LogP) is 4.10. The number of nitrogens with one attached hydrogen (secondary N) is 1. The lowest BCUT2D eigenvalue weighted by Gasteiger charge is -2.06. The minimum absolute atomic E-state index is 0.261. The molecule has 0 fully saturated rings. The number of thiazole rings is 1. The Hall–Kier alpha value is -2.73. The maximum Gasteiger partial charge on any atom is 0.271 e. The summed E-state index contributed by atoms with van der Waals surface area (Å²) in [6.45, 7) is 2.62. The Morgan fingerprint density at radius 3 is 2.72 bits per heavy atom. The van der Waals surface area contributed by atoms with Crippen LogP contribution in [0.4, 0.5) is 4.39 Å². The molecule has 1 N–H and O–H groups in total. The summed E-state index contributed by atoms with van der Waals surface area (Å²) in [6, 6.07) is 13.8. The predicted molar refractivity (Wildman–Crippen MR) is 95.2 cm³/mol. The average molecular weight is 356 g/mol. The Bertz CT molecular complexity index is 862. The first kappa shape index (κ1) is 17.1. The molecular weight excluding hydrogens is 339 g/mol. The second-order valence-corrected chi connectivity index (χ2v) is 6.43. The third-order valence-corrected chi connectivity index (χ3v) is 4.42. The van der Waals surface area contributed by atoms with E-state index in [4.69, 9.17) is 4.74 Å². The monoisotopic (exact) mass is 356 g/mol. The van der Waals surface area contributed by atoms with Gasteiger partial charge < -0.3 is 10.1 Å². The lowest BCUT2D eigenvalue weighted by molar-refractivity contribution is 0.0946. The number of amides is 1. The number of carbonyl (C=O) groups excluding carboxylic acids is 1. The molecule has 4 nitrogen and oxygen atoms in total. The zero-order valence-electron chi connectivity index (χ0n) is 13.7. The quantitative estimate of drug-likeness (QED) is 0.723. The van der Waals surface area contributed by atoms with E-state index in [2.05, 4.69) is 10.3 Å². The van der Waals surface area contributed by atoms with Gasteiger partial charge in [0.05, 0.1) is 0 Å². The normalized spacial score (nSPS) is 10.5. The average Bonchev–Trinajstić information content (AvgIpc) is 3.09. The van der Waals surface area contributed by atoms with E-state index in [0.29, 0.717) is 18.8 Å². The molecule has 0 aliphatic carbocycles. The summed E-state index contributed by atoms with van der Waals surface area (Å²) in [7, 11) is 0. The molecule has 0 aliphatic heterocycles. The first-order valence-corrected chi connectivity index (χ1v) is 8.65. The second-order valence-electron chi connectivity index (χ2n) is 5.49. The smallest absolute Gasteiger partial charge is 0.271 e. The van der Waals surface area contributed by atoms with Crippen LogP contribution in [0.2, 0.25) is 0 Å². The number of aryl methyl sites for hydroxylation is 1. The number of para-hydroxylation sites is 1. The molecule has 3 rings (SSSR count). The maximum atomic E-state index is 12.9. The highest BCUT2D eigenvalue weighted by molar-refractivity contribution is 7.09. The molecule has 0 spiro atoms. The van der Waals surface area contributed by atoms with Crippen molar-refractivity contribution in [2.24, 2.45) is 0 Å². The lowest BCUT2D eigenvalue weighted by atomic mass is 10.2. The number of rotatable bonds is 6. The summed E-state index contributed by atoms with van der Waals surface area (Å²) < 4.78 is 18.6. The maximum absolute atomic E-state index is 12.9. The van der Waals surface area contributed by atoms with E-state index >= 15 is 0 Å². The fourth-order valence-corrected chi connectivity index (χ4v) is 2.90. The number of nitrogens with zero attached hydrogens (tertiary/aromatic N) is 1. The third-order valence-electron chi connectivity index (χ3n) is 3.60. The number of hydrogen-bond donors (Lipinski definition) is 1. The minimum atomic E-state index is -0.298. The van der Waals surface area contributed by atoms with Crippen LogP contribution in [-0.4, -0.2) is 10.9 Å². The van der Waals surface area contributed by atoms with E-state index in [1.165, 1.54) is 23.5 Å². The minimum Gasteiger partial charge on any atom is -0.486 e. The van der Waals surface area contributed by atoms with Crippen molar-refractivity contribution in [3.05, 3.63) is 81.6 Å². The van der Waals surface area contributed by atoms with Gasteiger partial charge in [-0.05, 0) is 36.2 Å². The number of carbonyl (C=O) groups is 1. The molecule has 0 bridgehead atoms. The lowest BCUT2D eigenvalue weighted by Crippen LogP contribution is -2.23. The molecule has 0 aliphatic rings. The van der Waals surface area contributed by atoms with Gasteiger partial charge in [-0.3, -0.25) is 4.79 Å². The topological polar surface area (TPSA) is 51.2 Å². The standard InChI is InChI=1S/C19H17FN2O2S/c1-13-4-2-3-5-17(13)24-11-18-22-16(12-25-18)19(23)21-10-14-6-8-15(20)9-7-14/h2-9,12H,10-11H2,1H3,(H,21,23). The molecule has 1 heterocycles. The van der Waals surface area contributed by atoms with Crippen molar-refractivity contribution in [2.45, 2.75) is 20.1 Å². The van der Waals surface area contributed by atoms with Crippen molar-refractivity contribution in [2.75, 3.05) is 0 Å². The molecule has 128 valence electrons. The van der Waals surface area contributed by atoms with Gasteiger partial charge in [-0.15, -0.1) is 11.3 Å². The fraction of sp³-hybridized carbons (Fsp3) is 0.158. The van der Waals surface area contributed by atoms with Crippen LogP contribution in [0.5, 0.6) is 5.75 Å².